The number of rotatable bonds is 3. The SMILES string of the molecule is CCCCOC(=N)N=C(N)N. The maximum atomic E-state index is 7.03. The molecule has 0 aromatic rings. The molecule has 5 N–H and O–H groups in total. The zero-order chi connectivity index (χ0) is 8.69. The highest BCUT2D eigenvalue weighted by molar-refractivity contribution is 5.88. The normalized spacial score (nSPS) is 8.82. The lowest BCUT2D eigenvalue weighted by Gasteiger charge is -2.00. The van der Waals surface area contributed by atoms with Crippen molar-refractivity contribution >= 4 is 12.0 Å². The maximum Gasteiger partial charge on any atom is 0.311 e. The molecule has 0 saturated carbocycles. The number of guanidine groups is 1. The summed E-state index contributed by atoms with van der Waals surface area (Å²) in [6.45, 7) is 2.53. The van der Waals surface area contributed by atoms with Crippen molar-refractivity contribution in [3.63, 3.8) is 0 Å². The van der Waals surface area contributed by atoms with Gasteiger partial charge in [0.25, 0.3) is 0 Å². The Hall–Kier alpha value is -1.26. The molecule has 0 amide bonds. The van der Waals surface area contributed by atoms with Crippen molar-refractivity contribution in [3.05, 3.63) is 0 Å². The Kier molecular flexibility index (Phi) is 4.89. The Balaban J connectivity index is 3.46. The molecule has 0 aliphatic heterocycles. The highest BCUT2D eigenvalue weighted by atomic mass is 16.5. The van der Waals surface area contributed by atoms with E-state index in [1.165, 1.54) is 0 Å². The minimum Gasteiger partial charge on any atom is -0.464 e. The highest BCUT2D eigenvalue weighted by Gasteiger charge is 1.93. The summed E-state index contributed by atoms with van der Waals surface area (Å²) in [4.78, 5) is 3.38. The van der Waals surface area contributed by atoms with Gasteiger partial charge in [0.2, 0.25) is 0 Å². The van der Waals surface area contributed by atoms with Crippen LogP contribution in [0.2, 0.25) is 0 Å². The van der Waals surface area contributed by atoms with Gasteiger partial charge in [-0.25, -0.2) is 5.41 Å². The van der Waals surface area contributed by atoms with Crippen molar-refractivity contribution in [2.24, 2.45) is 16.5 Å². The van der Waals surface area contributed by atoms with Crippen LogP contribution in [-0.2, 0) is 4.74 Å². The third-order valence-corrected chi connectivity index (χ3v) is 0.967. The van der Waals surface area contributed by atoms with Crippen LogP contribution in [0.1, 0.15) is 19.8 Å². The van der Waals surface area contributed by atoms with Crippen LogP contribution in [-0.4, -0.2) is 18.6 Å². The molecule has 0 aromatic carbocycles. The fourth-order valence-corrected chi connectivity index (χ4v) is 0.463. The standard InChI is InChI=1S/C6H14N4O/c1-2-3-4-11-6(9)10-5(7)8/h2-4H2,1H3,(H5,7,8,9,10). The molecule has 11 heavy (non-hydrogen) atoms. The van der Waals surface area contributed by atoms with E-state index in [4.69, 9.17) is 21.6 Å². The number of ether oxygens (including phenoxy) is 1. The lowest BCUT2D eigenvalue weighted by molar-refractivity contribution is 0.289. The molecular weight excluding hydrogens is 144 g/mol. The van der Waals surface area contributed by atoms with Crippen molar-refractivity contribution in [2.45, 2.75) is 19.8 Å². The molecule has 0 fully saturated rings. The van der Waals surface area contributed by atoms with E-state index in [2.05, 4.69) is 4.99 Å². The number of nitrogens with two attached hydrogens (primary N) is 2. The van der Waals surface area contributed by atoms with Crippen LogP contribution in [0, 0.1) is 5.41 Å². The smallest absolute Gasteiger partial charge is 0.311 e. The number of nitrogens with one attached hydrogen (secondary N) is 1. The molecule has 0 bridgehead atoms. The molecule has 64 valence electrons. The summed E-state index contributed by atoms with van der Waals surface area (Å²) in [5, 5.41) is 7.03. The summed E-state index contributed by atoms with van der Waals surface area (Å²) in [5.74, 6) is -0.147. The number of nitrogens with zero attached hydrogens (tertiary/aromatic N) is 1. The molecule has 0 atom stereocenters. The summed E-state index contributed by atoms with van der Waals surface area (Å²) >= 11 is 0. The minimum absolute atomic E-state index is 0.147. The Labute approximate surface area is 65.9 Å². The molecule has 0 saturated heterocycles. The average molecular weight is 158 g/mol. The van der Waals surface area contributed by atoms with Crippen molar-refractivity contribution in [2.75, 3.05) is 6.61 Å². The molecule has 0 aliphatic rings. The molecule has 5 nitrogen and oxygen atoms in total. The summed E-state index contributed by atoms with van der Waals surface area (Å²) in [6.07, 6.45) is 1.93. The Morgan fingerprint density at radius 3 is 2.64 bits per heavy atom. The van der Waals surface area contributed by atoms with Crippen LogP contribution >= 0.6 is 0 Å². The Morgan fingerprint density at radius 2 is 2.18 bits per heavy atom. The number of unbranched alkanes of at least 4 members (excludes halogenated alkanes) is 1. The summed E-state index contributed by atoms with van der Waals surface area (Å²) in [6, 6.07) is -0.224. The molecule has 0 heterocycles. The van der Waals surface area contributed by atoms with Crippen molar-refractivity contribution in [3.8, 4) is 0 Å². The molecule has 5 heteroatoms. The number of hydrogen-bond acceptors (Lipinski definition) is 2. The van der Waals surface area contributed by atoms with Gasteiger partial charge in [-0.2, -0.15) is 4.99 Å². The number of hydrogen-bond donors (Lipinski definition) is 3. The molecule has 0 rings (SSSR count). The molecule has 0 unspecified atom stereocenters. The van der Waals surface area contributed by atoms with E-state index in [9.17, 15) is 0 Å². The second-order valence-electron chi connectivity index (χ2n) is 2.04. The van der Waals surface area contributed by atoms with Gasteiger partial charge >= 0.3 is 6.02 Å². The van der Waals surface area contributed by atoms with Gasteiger partial charge in [0.05, 0.1) is 6.61 Å². The third kappa shape index (κ3) is 6.63. The zero-order valence-electron chi connectivity index (χ0n) is 6.63. The van der Waals surface area contributed by atoms with Crippen molar-refractivity contribution in [1.82, 2.24) is 0 Å². The van der Waals surface area contributed by atoms with E-state index < -0.39 is 0 Å². The topological polar surface area (TPSA) is 97.5 Å². The summed E-state index contributed by atoms with van der Waals surface area (Å²) in [7, 11) is 0. The predicted molar refractivity (Wildman–Crippen MR) is 44.4 cm³/mol. The van der Waals surface area contributed by atoms with Crippen LogP contribution in [0.25, 0.3) is 0 Å². The fourth-order valence-electron chi connectivity index (χ4n) is 0.463. The first-order valence-corrected chi connectivity index (χ1v) is 3.47. The second kappa shape index (κ2) is 5.52. The van der Waals surface area contributed by atoms with E-state index in [0.29, 0.717) is 6.61 Å². The average Bonchev–Trinajstić information content (AvgIpc) is 1.86. The Bertz CT molecular complexity index is 151. The van der Waals surface area contributed by atoms with Gasteiger partial charge in [0.1, 0.15) is 0 Å². The molecular formula is C6H14N4O. The highest BCUT2D eigenvalue weighted by Crippen LogP contribution is 1.88. The van der Waals surface area contributed by atoms with Crippen LogP contribution in [0.3, 0.4) is 0 Å². The van der Waals surface area contributed by atoms with Gasteiger partial charge in [-0.15, -0.1) is 0 Å². The maximum absolute atomic E-state index is 7.03. The zero-order valence-corrected chi connectivity index (χ0v) is 6.63. The lowest BCUT2D eigenvalue weighted by atomic mass is 10.4. The van der Waals surface area contributed by atoms with Gasteiger partial charge in [0, 0.05) is 0 Å². The van der Waals surface area contributed by atoms with Gasteiger partial charge in [-0.3, -0.25) is 0 Å². The van der Waals surface area contributed by atoms with E-state index in [1.807, 2.05) is 6.92 Å². The van der Waals surface area contributed by atoms with Crippen molar-refractivity contribution in [1.29, 1.82) is 5.41 Å². The molecule has 0 spiro atoms. The van der Waals surface area contributed by atoms with Gasteiger partial charge in [-0.05, 0) is 6.42 Å². The second-order valence-corrected chi connectivity index (χ2v) is 2.04. The van der Waals surface area contributed by atoms with Crippen LogP contribution in [0.15, 0.2) is 4.99 Å². The van der Waals surface area contributed by atoms with E-state index in [0.717, 1.165) is 12.8 Å². The lowest BCUT2D eigenvalue weighted by Crippen LogP contribution is -2.24. The Morgan fingerprint density at radius 1 is 1.55 bits per heavy atom. The predicted octanol–water partition coefficient (Wildman–Crippen LogP) is 0.0113. The van der Waals surface area contributed by atoms with E-state index in [-0.39, 0.29) is 12.0 Å². The molecule has 0 aromatic heterocycles. The number of aliphatic imine (C=N–C) groups is 1. The van der Waals surface area contributed by atoms with Gasteiger partial charge in [0.15, 0.2) is 5.96 Å². The van der Waals surface area contributed by atoms with Crippen molar-refractivity contribution < 1.29 is 4.74 Å². The first kappa shape index (κ1) is 9.74. The molecule has 0 aliphatic carbocycles. The minimum atomic E-state index is -0.224. The quantitative estimate of drug-likeness (QED) is 0.306. The monoisotopic (exact) mass is 158 g/mol. The van der Waals surface area contributed by atoms with Crippen LogP contribution < -0.4 is 11.5 Å². The van der Waals surface area contributed by atoms with E-state index >= 15 is 0 Å². The summed E-state index contributed by atoms with van der Waals surface area (Å²) in [5.41, 5.74) is 10.0. The van der Waals surface area contributed by atoms with Gasteiger partial charge < -0.3 is 16.2 Å². The van der Waals surface area contributed by atoms with E-state index in [1.54, 1.807) is 0 Å². The third-order valence-electron chi connectivity index (χ3n) is 0.967. The largest absolute Gasteiger partial charge is 0.464 e. The summed E-state index contributed by atoms with van der Waals surface area (Å²) < 4.78 is 4.83. The first-order chi connectivity index (χ1) is 5.16. The molecule has 0 radical (unpaired) electrons. The van der Waals surface area contributed by atoms with Crippen LogP contribution in [0.4, 0.5) is 0 Å². The first-order valence-electron chi connectivity index (χ1n) is 3.47. The fraction of sp³-hybridized carbons (Fsp3) is 0.667. The van der Waals surface area contributed by atoms with Crippen LogP contribution in [0.5, 0.6) is 0 Å². The van der Waals surface area contributed by atoms with Gasteiger partial charge in [-0.1, -0.05) is 13.3 Å². The number of amidine groups is 1.